The Morgan fingerprint density at radius 2 is 1.37 bits per heavy atom. The SMILES string of the molecule is CCC(O[Si](CCC(F)(F)C(F)(F)C(F)(F)C(F)(F)C(F)(F)C(F)(F)F)(C(C)C)C(C)C)c1cc2n(c(=O)c1C)Cc1cc3ccccc3nc1-2. The monoisotopic (exact) mass is 766 g/mol. The van der Waals surface area contributed by atoms with E-state index in [0.29, 0.717) is 22.5 Å². The number of alkyl halides is 13. The Labute approximate surface area is 285 Å². The van der Waals surface area contributed by atoms with Crippen molar-refractivity contribution >= 4 is 19.2 Å². The molecule has 1 aliphatic heterocycles. The quantitative estimate of drug-likeness (QED) is 0.101. The first kappa shape index (κ1) is 40.6. The highest BCUT2D eigenvalue weighted by atomic mass is 28.4. The standard InChI is InChI=1S/C33H35F13N2O2Si/c1-7-25(22-15-24-26-21(16-48(24)27(49)19(22)6)14-20-10-8-9-11-23(20)47-26)50-51(17(2)3,18(4)5)13-12-28(34,35)29(36,37)30(38,39)31(40,41)32(42,43)33(44,45)46/h8-11,14-15,17-18,25H,7,12-13,16H2,1-6H3. The lowest BCUT2D eigenvalue weighted by Crippen LogP contribution is -2.70. The zero-order valence-electron chi connectivity index (χ0n) is 28.1. The van der Waals surface area contributed by atoms with Crippen molar-refractivity contribution in [2.75, 3.05) is 0 Å². The van der Waals surface area contributed by atoms with Crippen LogP contribution in [0.2, 0.25) is 17.1 Å². The molecule has 1 unspecified atom stereocenters. The van der Waals surface area contributed by atoms with Gasteiger partial charge in [-0.2, -0.15) is 57.1 Å². The maximum Gasteiger partial charge on any atom is 0.460 e. The summed E-state index contributed by atoms with van der Waals surface area (Å²) in [5, 5.41) is 0.825. The number of hydrogen-bond donors (Lipinski definition) is 0. The van der Waals surface area contributed by atoms with Crippen molar-refractivity contribution in [3.8, 4) is 11.4 Å². The minimum absolute atomic E-state index is 0.0826. The van der Waals surface area contributed by atoms with Crippen molar-refractivity contribution in [1.82, 2.24) is 9.55 Å². The van der Waals surface area contributed by atoms with Crippen LogP contribution in [0, 0.1) is 6.92 Å². The second-order valence-electron chi connectivity index (χ2n) is 13.5. The Morgan fingerprint density at radius 3 is 1.90 bits per heavy atom. The minimum atomic E-state index is -7.96. The van der Waals surface area contributed by atoms with Crippen molar-refractivity contribution in [1.29, 1.82) is 0 Å². The van der Waals surface area contributed by atoms with Gasteiger partial charge < -0.3 is 8.99 Å². The van der Waals surface area contributed by atoms with E-state index in [1.54, 1.807) is 25.1 Å². The van der Waals surface area contributed by atoms with Crippen LogP contribution in [-0.2, 0) is 11.0 Å². The first-order chi connectivity index (χ1) is 23.1. The van der Waals surface area contributed by atoms with E-state index in [0.717, 1.165) is 10.9 Å². The summed E-state index contributed by atoms with van der Waals surface area (Å²) in [6.07, 6.45) is -10.8. The van der Waals surface area contributed by atoms with E-state index in [9.17, 15) is 53.1 Å². The van der Waals surface area contributed by atoms with Gasteiger partial charge in [-0.1, -0.05) is 52.8 Å². The Kier molecular flexibility index (Phi) is 10.4. The highest BCUT2D eigenvalue weighted by molar-refractivity contribution is 6.76. The molecule has 18 heteroatoms. The van der Waals surface area contributed by atoms with Gasteiger partial charge in [-0.3, -0.25) is 4.79 Å². The van der Waals surface area contributed by atoms with E-state index in [2.05, 4.69) is 0 Å². The summed E-state index contributed by atoms with van der Waals surface area (Å²) in [4.78, 5) is 18.3. The molecule has 0 N–H and O–H groups in total. The third-order valence-corrected chi connectivity index (χ3v) is 15.5. The molecule has 0 saturated carbocycles. The topological polar surface area (TPSA) is 44.1 Å². The molecule has 0 amide bonds. The molecule has 0 saturated heterocycles. The molecule has 51 heavy (non-hydrogen) atoms. The van der Waals surface area contributed by atoms with Crippen LogP contribution in [0.5, 0.6) is 0 Å². The summed E-state index contributed by atoms with van der Waals surface area (Å²) in [7, 11) is -3.95. The summed E-state index contributed by atoms with van der Waals surface area (Å²) in [5.41, 5.74) is 0.838. The number of hydrogen-bond acceptors (Lipinski definition) is 3. The van der Waals surface area contributed by atoms with Gasteiger partial charge in [0, 0.05) is 22.9 Å². The fourth-order valence-corrected chi connectivity index (χ4v) is 11.3. The Bertz CT molecular complexity index is 1830. The second-order valence-corrected chi connectivity index (χ2v) is 18.4. The molecular formula is C33H35F13N2O2Si. The van der Waals surface area contributed by atoms with Crippen LogP contribution >= 0.6 is 0 Å². The molecule has 4 rings (SSSR count). The molecule has 4 nitrogen and oxygen atoms in total. The molecule has 284 valence electrons. The number of rotatable bonds is 13. The highest BCUT2D eigenvalue weighted by Gasteiger charge is 2.90. The second kappa shape index (κ2) is 13.1. The summed E-state index contributed by atoms with van der Waals surface area (Å²) >= 11 is 0. The molecule has 1 atom stereocenters. The Morgan fingerprint density at radius 1 is 0.824 bits per heavy atom. The molecule has 3 heterocycles. The zero-order valence-corrected chi connectivity index (χ0v) is 29.1. The molecule has 0 bridgehead atoms. The summed E-state index contributed by atoms with van der Waals surface area (Å²) in [6.45, 7) is 9.18. The van der Waals surface area contributed by atoms with Crippen molar-refractivity contribution in [2.24, 2.45) is 0 Å². The first-order valence-corrected chi connectivity index (χ1v) is 18.2. The number of pyridine rings is 2. The predicted molar refractivity (Wildman–Crippen MR) is 166 cm³/mol. The molecular weight excluding hydrogens is 731 g/mol. The summed E-state index contributed by atoms with van der Waals surface area (Å²) < 4.78 is 188. The van der Waals surface area contributed by atoms with E-state index >= 15 is 8.78 Å². The predicted octanol–water partition coefficient (Wildman–Crippen LogP) is 11.1. The average molecular weight is 767 g/mol. The van der Waals surface area contributed by atoms with E-state index in [1.165, 1.54) is 39.2 Å². The van der Waals surface area contributed by atoms with Crippen LogP contribution in [0.4, 0.5) is 57.1 Å². The van der Waals surface area contributed by atoms with Crippen molar-refractivity contribution in [2.45, 2.75) is 120 Å². The van der Waals surface area contributed by atoms with Crippen LogP contribution in [-0.4, -0.2) is 53.7 Å². The smallest absolute Gasteiger partial charge is 0.409 e. The van der Waals surface area contributed by atoms with Crippen molar-refractivity contribution in [3.63, 3.8) is 0 Å². The first-order valence-electron chi connectivity index (χ1n) is 15.9. The number of nitrogens with zero attached hydrogens (tertiary/aromatic N) is 2. The molecule has 2 aromatic heterocycles. The fourth-order valence-electron chi connectivity index (χ4n) is 6.65. The van der Waals surface area contributed by atoms with Crippen LogP contribution in [0.1, 0.15) is 70.3 Å². The molecule has 0 spiro atoms. The number of fused-ring (bicyclic) bond motifs is 4. The van der Waals surface area contributed by atoms with Crippen LogP contribution in [0.15, 0.2) is 41.2 Å². The van der Waals surface area contributed by atoms with Gasteiger partial charge in [0.25, 0.3) is 5.56 Å². The maximum absolute atomic E-state index is 15.1. The largest absolute Gasteiger partial charge is 0.460 e. The highest BCUT2D eigenvalue weighted by Crippen LogP contribution is 2.61. The number of aromatic nitrogens is 2. The minimum Gasteiger partial charge on any atom is -0.409 e. The molecule has 1 aliphatic rings. The van der Waals surface area contributed by atoms with Gasteiger partial charge in [-0.15, -0.1) is 0 Å². The van der Waals surface area contributed by atoms with Crippen LogP contribution in [0.25, 0.3) is 22.3 Å². The van der Waals surface area contributed by atoms with Gasteiger partial charge in [0.1, 0.15) is 0 Å². The van der Waals surface area contributed by atoms with E-state index < -0.39 is 79.3 Å². The molecule has 0 aliphatic carbocycles. The lowest BCUT2D eigenvalue weighted by atomic mass is 9.93. The normalized spacial score (nSPS) is 15.5. The molecule has 3 aromatic rings. The van der Waals surface area contributed by atoms with Gasteiger partial charge in [-0.25, -0.2) is 4.98 Å². The van der Waals surface area contributed by atoms with Gasteiger partial charge in [0.05, 0.1) is 29.6 Å². The fraction of sp³-hybridized carbons (Fsp3) is 0.576. The maximum atomic E-state index is 15.1. The lowest BCUT2D eigenvalue weighted by molar-refractivity contribution is -0.440. The van der Waals surface area contributed by atoms with Gasteiger partial charge in [-0.05, 0) is 54.2 Å². The number of benzene rings is 1. The Hall–Kier alpha value is -3.15. The molecule has 0 radical (unpaired) electrons. The van der Waals surface area contributed by atoms with E-state index in [4.69, 9.17) is 9.41 Å². The summed E-state index contributed by atoms with van der Waals surface area (Å²) in [6, 6.07) is 9.59. The van der Waals surface area contributed by atoms with Crippen molar-refractivity contribution in [3.05, 3.63) is 63.4 Å². The number of para-hydroxylation sites is 1. The third kappa shape index (κ3) is 6.24. The summed E-state index contributed by atoms with van der Waals surface area (Å²) in [5.74, 6) is -37.2. The van der Waals surface area contributed by atoms with Crippen LogP contribution < -0.4 is 5.56 Å². The number of halogens is 13. The zero-order chi connectivity index (χ0) is 38.9. The average Bonchev–Trinajstić information content (AvgIpc) is 3.38. The Balaban J connectivity index is 1.73. The van der Waals surface area contributed by atoms with Crippen molar-refractivity contribution < 1.29 is 61.5 Å². The van der Waals surface area contributed by atoms with Gasteiger partial charge in [0.2, 0.25) is 0 Å². The molecule has 1 aromatic carbocycles. The van der Waals surface area contributed by atoms with Gasteiger partial charge in [0.15, 0.2) is 8.32 Å². The van der Waals surface area contributed by atoms with E-state index in [-0.39, 0.29) is 18.5 Å². The van der Waals surface area contributed by atoms with Crippen LogP contribution in [0.3, 0.4) is 0 Å². The lowest BCUT2D eigenvalue weighted by Gasteiger charge is -2.44. The third-order valence-electron chi connectivity index (χ3n) is 9.82. The van der Waals surface area contributed by atoms with E-state index in [1.807, 2.05) is 18.2 Å². The molecule has 0 fully saturated rings. The van der Waals surface area contributed by atoms with Gasteiger partial charge >= 0.3 is 35.8 Å².